The van der Waals surface area contributed by atoms with Gasteiger partial charge in [-0.3, -0.25) is 4.79 Å². The van der Waals surface area contributed by atoms with E-state index in [-0.39, 0.29) is 4.90 Å². The van der Waals surface area contributed by atoms with Crippen molar-refractivity contribution in [2.75, 3.05) is 18.5 Å². The lowest BCUT2D eigenvalue weighted by Gasteiger charge is -2.14. The largest absolute Gasteiger partial charge is 0.490 e. The molecule has 1 amide bonds. The van der Waals surface area contributed by atoms with Gasteiger partial charge in [0.15, 0.2) is 16.6 Å². The van der Waals surface area contributed by atoms with Gasteiger partial charge in [-0.15, -0.1) is 11.3 Å². The second-order valence-corrected chi connectivity index (χ2v) is 8.36. The normalized spacial score (nSPS) is 15.2. The van der Waals surface area contributed by atoms with Crippen LogP contribution in [0.25, 0.3) is 0 Å². The van der Waals surface area contributed by atoms with Crippen LogP contribution in [0, 0.1) is 6.92 Å². The van der Waals surface area contributed by atoms with E-state index in [9.17, 15) is 13.2 Å². The topological polar surface area (TPSA) is 107 Å². The predicted molar refractivity (Wildman–Crippen MR) is 97.3 cm³/mol. The molecular formula is C16H19N3O5S2. The number of ether oxygens (including phenoxy) is 2. The molecule has 1 atom stereocenters. The van der Waals surface area contributed by atoms with Crippen LogP contribution in [-0.4, -0.2) is 38.6 Å². The Morgan fingerprint density at radius 2 is 2.00 bits per heavy atom. The molecule has 0 radical (unpaired) electrons. The highest BCUT2D eigenvalue weighted by atomic mass is 32.2. The maximum Gasteiger partial charge on any atom is 0.244 e. The lowest BCUT2D eigenvalue weighted by atomic mass is 10.3. The van der Waals surface area contributed by atoms with Crippen LogP contribution in [-0.2, 0) is 14.8 Å². The summed E-state index contributed by atoms with van der Waals surface area (Å²) in [6.07, 6.45) is 0.725. The highest BCUT2D eigenvalue weighted by molar-refractivity contribution is 7.89. The van der Waals surface area contributed by atoms with Gasteiger partial charge in [0.05, 0.1) is 29.8 Å². The first-order valence-electron chi connectivity index (χ1n) is 8.00. The van der Waals surface area contributed by atoms with Crippen LogP contribution in [0.1, 0.15) is 19.0 Å². The molecule has 10 heteroatoms. The molecule has 140 valence electrons. The Kier molecular flexibility index (Phi) is 5.44. The summed E-state index contributed by atoms with van der Waals surface area (Å²) < 4.78 is 38.5. The average molecular weight is 397 g/mol. The second-order valence-electron chi connectivity index (χ2n) is 5.79. The van der Waals surface area contributed by atoms with Crippen molar-refractivity contribution in [3.05, 3.63) is 29.3 Å². The summed E-state index contributed by atoms with van der Waals surface area (Å²) in [6.45, 7) is 4.25. The van der Waals surface area contributed by atoms with Crippen LogP contribution < -0.4 is 19.5 Å². The summed E-state index contributed by atoms with van der Waals surface area (Å²) >= 11 is 1.28. The van der Waals surface area contributed by atoms with Crippen molar-refractivity contribution in [1.29, 1.82) is 0 Å². The highest BCUT2D eigenvalue weighted by Crippen LogP contribution is 2.31. The first kappa shape index (κ1) is 18.6. The summed E-state index contributed by atoms with van der Waals surface area (Å²) in [5.74, 6) is 0.393. The molecule has 2 heterocycles. The Balaban J connectivity index is 1.71. The Morgan fingerprint density at radius 3 is 2.69 bits per heavy atom. The molecule has 1 aliphatic heterocycles. The van der Waals surface area contributed by atoms with Gasteiger partial charge in [-0.1, -0.05) is 0 Å². The van der Waals surface area contributed by atoms with Gasteiger partial charge in [-0.25, -0.2) is 13.4 Å². The first-order chi connectivity index (χ1) is 12.3. The molecule has 0 unspecified atom stereocenters. The number of nitrogens with zero attached hydrogens (tertiary/aromatic N) is 1. The number of amides is 1. The number of rotatable bonds is 5. The average Bonchev–Trinajstić information content (AvgIpc) is 2.86. The fourth-order valence-corrected chi connectivity index (χ4v) is 4.20. The van der Waals surface area contributed by atoms with Crippen molar-refractivity contribution in [1.82, 2.24) is 9.71 Å². The lowest BCUT2D eigenvalue weighted by Crippen LogP contribution is -2.41. The van der Waals surface area contributed by atoms with Crippen LogP contribution in [0.5, 0.6) is 11.5 Å². The van der Waals surface area contributed by atoms with E-state index < -0.39 is 22.0 Å². The van der Waals surface area contributed by atoms with E-state index in [4.69, 9.17) is 9.47 Å². The van der Waals surface area contributed by atoms with E-state index in [1.165, 1.54) is 30.4 Å². The molecule has 0 fully saturated rings. The van der Waals surface area contributed by atoms with Crippen LogP contribution >= 0.6 is 11.3 Å². The first-order valence-corrected chi connectivity index (χ1v) is 10.4. The van der Waals surface area contributed by atoms with E-state index in [1.807, 2.05) is 6.92 Å². The molecule has 2 N–H and O–H groups in total. The predicted octanol–water partition coefficient (Wildman–Crippen LogP) is 1.92. The third-order valence-electron chi connectivity index (χ3n) is 3.60. The highest BCUT2D eigenvalue weighted by Gasteiger charge is 2.24. The fraction of sp³-hybridized carbons (Fsp3) is 0.375. The van der Waals surface area contributed by atoms with Gasteiger partial charge in [0.25, 0.3) is 0 Å². The number of aromatic nitrogens is 1. The van der Waals surface area contributed by atoms with E-state index in [0.717, 1.165) is 12.1 Å². The van der Waals surface area contributed by atoms with E-state index in [2.05, 4.69) is 15.0 Å². The zero-order chi connectivity index (χ0) is 18.7. The third kappa shape index (κ3) is 4.32. The van der Waals surface area contributed by atoms with Gasteiger partial charge in [0.2, 0.25) is 15.9 Å². The van der Waals surface area contributed by atoms with Crippen LogP contribution in [0.2, 0.25) is 0 Å². The second kappa shape index (κ2) is 7.60. The Hall–Kier alpha value is -2.17. The molecule has 1 aromatic carbocycles. The molecule has 1 aliphatic rings. The summed E-state index contributed by atoms with van der Waals surface area (Å²) in [6, 6.07) is 3.40. The number of nitrogens with one attached hydrogen (secondary N) is 2. The Bertz CT molecular complexity index is 910. The third-order valence-corrected chi connectivity index (χ3v) is 6.02. The number of benzene rings is 1. The molecular weight excluding hydrogens is 378 g/mol. The van der Waals surface area contributed by atoms with Crippen molar-refractivity contribution in [3.8, 4) is 11.5 Å². The summed E-state index contributed by atoms with van der Waals surface area (Å²) in [4.78, 5) is 16.3. The maximum atomic E-state index is 12.6. The number of anilines is 1. The SMILES string of the molecule is Cc1csc(NC(=O)[C@H](C)NS(=O)(=O)c2ccc3c(c2)OCCCO3)n1. The van der Waals surface area contributed by atoms with E-state index in [1.54, 1.807) is 11.4 Å². The van der Waals surface area contributed by atoms with Gasteiger partial charge in [0, 0.05) is 17.9 Å². The maximum absolute atomic E-state index is 12.6. The number of thiazole rings is 1. The quantitative estimate of drug-likeness (QED) is 0.798. The van der Waals surface area contributed by atoms with Crippen molar-refractivity contribution >= 4 is 32.4 Å². The molecule has 0 aliphatic carbocycles. The minimum Gasteiger partial charge on any atom is -0.490 e. The molecule has 0 saturated heterocycles. The molecule has 2 aromatic rings. The monoisotopic (exact) mass is 397 g/mol. The van der Waals surface area contributed by atoms with Gasteiger partial charge in [0.1, 0.15) is 0 Å². The molecule has 0 bridgehead atoms. The number of carbonyl (C=O) groups is 1. The van der Waals surface area contributed by atoms with Gasteiger partial charge in [-0.2, -0.15) is 4.72 Å². The number of fused-ring (bicyclic) bond motifs is 1. The summed E-state index contributed by atoms with van der Waals surface area (Å²) in [5.41, 5.74) is 0.783. The molecule has 0 saturated carbocycles. The van der Waals surface area contributed by atoms with Gasteiger partial charge >= 0.3 is 0 Å². The van der Waals surface area contributed by atoms with Crippen LogP contribution in [0.15, 0.2) is 28.5 Å². The molecule has 3 rings (SSSR count). The zero-order valence-electron chi connectivity index (χ0n) is 14.3. The van der Waals surface area contributed by atoms with Crippen molar-refractivity contribution < 1.29 is 22.7 Å². The van der Waals surface area contributed by atoms with Gasteiger partial charge in [-0.05, 0) is 26.0 Å². The summed E-state index contributed by atoms with van der Waals surface area (Å²) in [5, 5.41) is 4.81. The van der Waals surface area contributed by atoms with Crippen molar-refractivity contribution in [2.45, 2.75) is 31.2 Å². The number of aryl methyl sites for hydroxylation is 1. The molecule has 1 aromatic heterocycles. The molecule has 8 nitrogen and oxygen atoms in total. The number of sulfonamides is 1. The minimum atomic E-state index is -3.90. The molecule has 0 spiro atoms. The fourth-order valence-electron chi connectivity index (χ4n) is 2.29. The van der Waals surface area contributed by atoms with Crippen LogP contribution in [0.3, 0.4) is 0 Å². The number of hydrogen-bond donors (Lipinski definition) is 2. The summed E-state index contributed by atoms with van der Waals surface area (Å²) in [7, 11) is -3.90. The minimum absolute atomic E-state index is 0.00601. The van der Waals surface area contributed by atoms with E-state index in [0.29, 0.717) is 29.8 Å². The van der Waals surface area contributed by atoms with Crippen LogP contribution in [0.4, 0.5) is 5.13 Å². The van der Waals surface area contributed by atoms with E-state index >= 15 is 0 Å². The van der Waals surface area contributed by atoms with Crippen molar-refractivity contribution in [3.63, 3.8) is 0 Å². The van der Waals surface area contributed by atoms with Crippen molar-refractivity contribution in [2.24, 2.45) is 0 Å². The number of hydrogen-bond acceptors (Lipinski definition) is 7. The Labute approximate surface area is 155 Å². The zero-order valence-corrected chi connectivity index (χ0v) is 15.9. The Morgan fingerprint density at radius 1 is 1.27 bits per heavy atom. The van der Waals surface area contributed by atoms with Gasteiger partial charge < -0.3 is 14.8 Å². The smallest absolute Gasteiger partial charge is 0.244 e. The molecule has 26 heavy (non-hydrogen) atoms. The lowest BCUT2D eigenvalue weighted by molar-refractivity contribution is -0.117. The number of carbonyl (C=O) groups excluding carboxylic acids is 1. The standard InChI is InChI=1S/C16H19N3O5S2/c1-10-9-25-16(17-10)18-15(20)11(2)19-26(21,22)12-4-5-13-14(8-12)24-7-3-6-23-13/h4-5,8-9,11,19H,3,6-7H2,1-2H3,(H,17,18,20)/t11-/m0/s1.